The number of hydrogen-bond donors (Lipinski definition) is 1. The number of nitrogens with zero attached hydrogens (tertiary/aromatic N) is 1. The van der Waals surface area contributed by atoms with Gasteiger partial charge in [-0.3, -0.25) is 9.52 Å². The number of amides is 1. The molecule has 0 aromatic heterocycles. The van der Waals surface area contributed by atoms with Crippen molar-refractivity contribution in [2.75, 3.05) is 22.8 Å². The number of para-hydroxylation sites is 1. The summed E-state index contributed by atoms with van der Waals surface area (Å²) in [7, 11) is -3.78. The van der Waals surface area contributed by atoms with Gasteiger partial charge in [-0.2, -0.15) is 0 Å². The van der Waals surface area contributed by atoms with E-state index in [-0.39, 0.29) is 23.5 Å². The van der Waals surface area contributed by atoms with Gasteiger partial charge >= 0.3 is 0 Å². The van der Waals surface area contributed by atoms with Gasteiger partial charge in [0.25, 0.3) is 15.9 Å². The van der Waals surface area contributed by atoms with Gasteiger partial charge in [0.05, 0.1) is 11.5 Å². The molecule has 8 heteroatoms. The lowest BCUT2D eigenvalue weighted by molar-refractivity contribution is -0.120. The van der Waals surface area contributed by atoms with E-state index in [1.807, 2.05) is 38.1 Å². The number of aryl methyl sites for hydroxylation is 1. The highest BCUT2D eigenvalue weighted by molar-refractivity contribution is 7.92. The van der Waals surface area contributed by atoms with Crippen LogP contribution in [-0.4, -0.2) is 33.6 Å². The lowest BCUT2D eigenvalue weighted by Crippen LogP contribution is -2.39. The van der Waals surface area contributed by atoms with Gasteiger partial charge < -0.3 is 14.4 Å². The number of fused-ring (bicyclic) bond motifs is 1. The number of anilines is 2. The van der Waals surface area contributed by atoms with E-state index in [2.05, 4.69) is 4.72 Å². The van der Waals surface area contributed by atoms with E-state index in [4.69, 9.17) is 9.47 Å². The maximum Gasteiger partial charge on any atom is 0.265 e. The van der Waals surface area contributed by atoms with E-state index in [0.29, 0.717) is 29.4 Å². The zero-order valence-electron chi connectivity index (χ0n) is 19.4. The number of benzene rings is 3. The quantitative estimate of drug-likeness (QED) is 0.511. The molecule has 1 amide bonds. The molecule has 3 aromatic rings. The summed E-state index contributed by atoms with van der Waals surface area (Å²) in [5.41, 5.74) is 3.13. The first-order valence-electron chi connectivity index (χ1n) is 11.2. The molecule has 0 saturated carbocycles. The molecule has 0 aliphatic carbocycles. The summed E-state index contributed by atoms with van der Waals surface area (Å²) in [5.74, 6) is 1.00. The number of hydrogen-bond acceptors (Lipinski definition) is 5. The van der Waals surface area contributed by atoms with Gasteiger partial charge in [0.15, 0.2) is 6.61 Å². The van der Waals surface area contributed by atoms with Crippen molar-refractivity contribution in [1.29, 1.82) is 0 Å². The Kier molecular flexibility index (Phi) is 6.79. The lowest BCUT2D eigenvalue weighted by Gasteiger charge is -2.23. The molecule has 7 nitrogen and oxygen atoms in total. The zero-order valence-corrected chi connectivity index (χ0v) is 20.3. The Morgan fingerprint density at radius 2 is 1.79 bits per heavy atom. The molecule has 0 fully saturated rings. The fraction of sp³-hybridized carbons (Fsp3) is 0.269. The Morgan fingerprint density at radius 1 is 1.06 bits per heavy atom. The first kappa shape index (κ1) is 23.6. The molecular weight excluding hydrogens is 452 g/mol. The Hall–Kier alpha value is -3.52. The second-order valence-corrected chi connectivity index (χ2v) is 9.91. The smallest absolute Gasteiger partial charge is 0.265 e. The van der Waals surface area contributed by atoms with Crippen molar-refractivity contribution < 1.29 is 22.7 Å². The fourth-order valence-corrected chi connectivity index (χ4v) is 5.25. The van der Waals surface area contributed by atoms with E-state index in [9.17, 15) is 13.2 Å². The minimum Gasteiger partial charge on any atom is -0.494 e. The fourth-order valence-electron chi connectivity index (χ4n) is 4.11. The zero-order chi connectivity index (χ0) is 24.3. The number of nitrogens with one attached hydrogen (secondary N) is 1. The van der Waals surface area contributed by atoms with E-state index in [0.717, 1.165) is 17.7 Å². The lowest BCUT2D eigenvalue weighted by atomic mass is 10.1. The SMILES string of the molecule is CCOc1ccc(NS(=O)(=O)c2ccc(OCC(=O)N3c4ccccc4CC3C)c(C)c2)cc1. The standard InChI is InChI=1S/C26H28N2O5S/c1-4-32-22-11-9-21(10-12-22)27-34(30,31)23-13-14-25(18(2)15-23)33-17-26(29)28-19(3)16-20-7-5-6-8-24(20)28/h5-15,19,27H,4,16-17H2,1-3H3. The van der Waals surface area contributed by atoms with Crippen molar-refractivity contribution in [1.82, 2.24) is 0 Å². The molecule has 4 rings (SSSR count). The Bertz CT molecular complexity index is 1290. The van der Waals surface area contributed by atoms with Crippen LogP contribution in [0.2, 0.25) is 0 Å². The van der Waals surface area contributed by atoms with Crippen molar-refractivity contribution in [3.05, 3.63) is 77.9 Å². The molecule has 1 N–H and O–H groups in total. The minimum absolute atomic E-state index is 0.0655. The largest absolute Gasteiger partial charge is 0.494 e. The highest BCUT2D eigenvalue weighted by Gasteiger charge is 2.30. The third kappa shape index (κ3) is 5.02. The number of sulfonamides is 1. The molecule has 3 aromatic carbocycles. The molecule has 34 heavy (non-hydrogen) atoms. The Balaban J connectivity index is 1.42. The van der Waals surface area contributed by atoms with Gasteiger partial charge in [-0.15, -0.1) is 0 Å². The summed E-state index contributed by atoms with van der Waals surface area (Å²) in [6, 6.07) is 19.2. The summed E-state index contributed by atoms with van der Waals surface area (Å²) in [5, 5.41) is 0. The van der Waals surface area contributed by atoms with Gasteiger partial charge in [-0.05, 0) is 86.8 Å². The molecule has 0 radical (unpaired) electrons. The van der Waals surface area contributed by atoms with Gasteiger partial charge in [0, 0.05) is 17.4 Å². The molecule has 0 saturated heterocycles. The van der Waals surface area contributed by atoms with E-state index < -0.39 is 10.0 Å². The van der Waals surface area contributed by atoms with Crippen molar-refractivity contribution in [3.8, 4) is 11.5 Å². The normalized spacial score (nSPS) is 15.0. The number of ether oxygens (including phenoxy) is 2. The molecule has 0 spiro atoms. The van der Waals surface area contributed by atoms with Crippen LogP contribution in [0.5, 0.6) is 11.5 Å². The van der Waals surface area contributed by atoms with Crippen LogP contribution >= 0.6 is 0 Å². The van der Waals surface area contributed by atoms with Gasteiger partial charge in [0.2, 0.25) is 0 Å². The van der Waals surface area contributed by atoms with Crippen LogP contribution in [0.3, 0.4) is 0 Å². The molecule has 1 aliphatic heterocycles. The van der Waals surface area contributed by atoms with Gasteiger partial charge in [-0.25, -0.2) is 8.42 Å². The molecule has 1 aliphatic rings. The van der Waals surface area contributed by atoms with Crippen molar-refractivity contribution in [3.63, 3.8) is 0 Å². The molecule has 1 atom stereocenters. The van der Waals surface area contributed by atoms with Crippen molar-refractivity contribution >= 4 is 27.3 Å². The number of carbonyl (C=O) groups is 1. The molecule has 1 heterocycles. The molecule has 178 valence electrons. The topological polar surface area (TPSA) is 84.9 Å². The van der Waals surface area contributed by atoms with Crippen LogP contribution < -0.4 is 19.1 Å². The van der Waals surface area contributed by atoms with Gasteiger partial charge in [-0.1, -0.05) is 18.2 Å². The highest BCUT2D eigenvalue weighted by Crippen LogP contribution is 2.32. The molecule has 1 unspecified atom stereocenters. The Labute approximate surface area is 200 Å². The minimum atomic E-state index is -3.78. The predicted molar refractivity (Wildman–Crippen MR) is 132 cm³/mol. The summed E-state index contributed by atoms with van der Waals surface area (Å²) < 4.78 is 39.4. The first-order valence-corrected chi connectivity index (χ1v) is 12.7. The van der Waals surface area contributed by atoms with Crippen molar-refractivity contribution in [2.24, 2.45) is 0 Å². The summed E-state index contributed by atoms with van der Waals surface area (Å²) in [6.07, 6.45) is 0.814. The number of rotatable bonds is 8. The maximum atomic E-state index is 12.9. The second kappa shape index (κ2) is 9.77. The summed E-state index contributed by atoms with van der Waals surface area (Å²) in [6.45, 7) is 6.06. The van der Waals surface area contributed by atoms with E-state index in [1.54, 1.807) is 42.2 Å². The van der Waals surface area contributed by atoms with E-state index >= 15 is 0 Å². The molecular formula is C26H28N2O5S. The van der Waals surface area contributed by atoms with Crippen LogP contribution in [0.4, 0.5) is 11.4 Å². The predicted octanol–water partition coefficient (Wildman–Crippen LogP) is 4.55. The average Bonchev–Trinajstić information content (AvgIpc) is 3.15. The third-order valence-corrected chi connectivity index (χ3v) is 7.08. The van der Waals surface area contributed by atoms with Crippen LogP contribution in [0.25, 0.3) is 0 Å². The highest BCUT2D eigenvalue weighted by atomic mass is 32.2. The molecule has 0 bridgehead atoms. The van der Waals surface area contributed by atoms with Crippen LogP contribution in [0.15, 0.2) is 71.6 Å². The summed E-state index contributed by atoms with van der Waals surface area (Å²) >= 11 is 0. The Morgan fingerprint density at radius 3 is 2.50 bits per heavy atom. The van der Waals surface area contributed by atoms with Crippen LogP contribution in [0.1, 0.15) is 25.0 Å². The summed E-state index contributed by atoms with van der Waals surface area (Å²) in [4.78, 5) is 14.8. The van der Waals surface area contributed by atoms with Gasteiger partial charge in [0.1, 0.15) is 11.5 Å². The number of carbonyl (C=O) groups excluding carboxylic acids is 1. The first-order chi connectivity index (χ1) is 16.3. The van der Waals surface area contributed by atoms with E-state index in [1.165, 1.54) is 12.1 Å². The monoisotopic (exact) mass is 480 g/mol. The second-order valence-electron chi connectivity index (χ2n) is 8.22. The van der Waals surface area contributed by atoms with Crippen molar-refractivity contribution in [2.45, 2.75) is 38.1 Å². The van der Waals surface area contributed by atoms with Crippen LogP contribution in [-0.2, 0) is 21.2 Å². The van der Waals surface area contributed by atoms with Crippen LogP contribution in [0, 0.1) is 6.92 Å². The maximum absolute atomic E-state index is 12.9. The average molecular weight is 481 g/mol. The third-order valence-electron chi connectivity index (χ3n) is 5.70.